The van der Waals surface area contributed by atoms with Crippen LogP contribution in [0.1, 0.15) is 37.9 Å². The molecule has 0 fully saturated rings. The van der Waals surface area contributed by atoms with Crippen LogP contribution in [0, 0.1) is 6.92 Å². The van der Waals surface area contributed by atoms with E-state index in [4.69, 9.17) is 4.74 Å². The molecule has 1 aromatic heterocycles. The van der Waals surface area contributed by atoms with Gasteiger partial charge in [0.15, 0.2) is 0 Å². The molecule has 1 amide bonds. The van der Waals surface area contributed by atoms with Gasteiger partial charge >= 0.3 is 6.09 Å². The molecule has 104 valence electrons. The first-order chi connectivity index (χ1) is 8.74. The summed E-state index contributed by atoms with van der Waals surface area (Å²) < 4.78 is 5.24. The molecule has 1 aromatic rings. The van der Waals surface area contributed by atoms with E-state index < -0.39 is 17.7 Å². The smallest absolute Gasteiger partial charge is 0.410 e. The summed E-state index contributed by atoms with van der Waals surface area (Å²) in [5.74, 6) is 0. The van der Waals surface area contributed by atoms with Crippen LogP contribution < -0.4 is 0 Å². The van der Waals surface area contributed by atoms with E-state index in [9.17, 15) is 9.59 Å². The van der Waals surface area contributed by atoms with E-state index in [2.05, 4.69) is 4.98 Å². The average molecular weight is 264 g/mol. The van der Waals surface area contributed by atoms with E-state index in [-0.39, 0.29) is 0 Å². The lowest BCUT2D eigenvalue weighted by Gasteiger charge is -2.28. The SMILES string of the molecule is Cc1cncc(C(C=O)N(C)C(=O)OC(C)(C)C)c1. The summed E-state index contributed by atoms with van der Waals surface area (Å²) in [6.07, 6.45) is 3.44. The number of rotatable bonds is 3. The zero-order valence-electron chi connectivity index (χ0n) is 12.0. The summed E-state index contributed by atoms with van der Waals surface area (Å²) in [5, 5.41) is 0. The van der Waals surface area contributed by atoms with Crippen molar-refractivity contribution in [3.63, 3.8) is 0 Å². The second-order valence-electron chi connectivity index (χ2n) is 5.47. The van der Waals surface area contributed by atoms with E-state index in [1.54, 1.807) is 33.2 Å². The first-order valence-electron chi connectivity index (χ1n) is 6.07. The van der Waals surface area contributed by atoms with Crippen LogP contribution in [-0.2, 0) is 9.53 Å². The number of hydrogen-bond acceptors (Lipinski definition) is 4. The lowest BCUT2D eigenvalue weighted by atomic mass is 10.1. The van der Waals surface area contributed by atoms with Crippen molar-refractivity contribution in [2.24, 2.45) is 0 Å². The molecule has 0 aliphatic heterocycles. The lowest BCUT2D eigenvalue weighted by Crippen LogP contribution is -2.37. The molecule has 0 aliphatic carbocycles. The third-order valence-electron chi connectivity index (χ3n) is 2.47. The fraction of sp³-hybridized carbons (Fsp3) is 0.500. The van der Waals surface area contributed by atoms with Gasteiger partial charge in [-0.2, -0.15) is 0 Å². The molecular formula is C14H20N2O3. The number of aryl methyl sites for hydroxylation is 1. The molecule has 19 heavy (non-hydrogen) atoms. The van der Waals surface area contributed by atoms with E-state index in [0.717, 1.165) is 5.56 Å². The third-order valence-corrected chi connectivity index (χ3v) is 2.47. The fourth-order valence-electron chi connectivity index (χ4n) is 1.58. The highest BCUT2D eigenvalue weighted by atomic mass is 16.6. The largest absolute Gasteiger partial charge is 0.444 e. The van der Waals surface area contributed by atoms with Crippen LogP contribution in [0.5, 0.6) is 0 Å². The highest BCUT2D eigenvalue weighted by Crippen LogP contribution is 2.20. The molecule has 0 spiro atoms. The zero-order chi connectivity index (χ0) is 14.6. The predicted molar refractivity (Wildman–Crippen MR) is 71.8 cm³/mol. The van der Waals surface area contributed by atoms with Crippen LogP contribution in [0.4, 0.5) is 4.79 Å². The molecule has 5 heteroatoms. The van der Waals surface area contributed by atoms with Crippen LogP contribution in [0.2, 0.25) is 0 Å². The van der Waals surface area contributed by atoms with Crippen LogP contribution in [0.3, 0.4) is 0 Å². The lowest BCUT2D eigenvalue weighted by molar-refractivity contribution is -0.112. The van der Waals surface area contributed by atoms with Crippen molar-refractivity contribution in [2.45, 2.75) is 39.3 Å². The van der Waals surface area contributed by atoms with Crippen molar-refractivity contribution in [1.82, 2.24) is 9.88 Å². The number of pyridine rings is 1. The Kier molecular flexibility index (Phi) is 4.64. The van der Waals surface area contributed by atoms with Gasteiger partial charge in [0, 0.05) is 25.0 Å². The second-order valence-corrected chi connectivity index (χ2v) is 5.47. The van der Waals surface area contributed by atoms with Crippen LogP contribution >= 0.6 is 0 Å². The molecule has 1 unspecified atom stereocenters. The fourth-order valence-corrected chi connectivity index (χ4v) is 1.58. The highest BCUT2D eigenvalue weighted by Gasteiger charge is 2.26. The van der Waals surface area contributed by atoms with E-state index in [0.29, 0.717) is 11.8 Å². The summed E-state index contributed by atoms with van der Waals surface area (Å²) in [4.78, 5) is 28.5. The van der Waals surface area contributed by atoms with Gasteiger partial charge in [-0.05, 0) is 33.3 Å². The number of likely N-dealkylation sites (N-methyl/N-ethyl adjacent to an activating group) is 1. The van der Waals surface area contributed by atoms with Gasteiger partial charge in [-0.1, -0.05) is 6.07 Å². The number of carbonyl (C=O) groups excluding carboxylic acids is 2. The van der Waals surface area contributed by atoms with Crippen molar-refractivity contribution in [1.29, 1.82) is 0 Å². The van der Waals surface area contributed by atoms with Crippen molar-refractivity contribution in [3.05, 3.63) is 29.6 Å². The maximum absolute atomic E-state index is 11.9. The molecule has 0 aromatic carbocycles. The van der Waals surface area contributed by atoms with Gasteiger partial charge < -0.3 is 9.53 Å². The minimum absolute atomic E-state index is 0.536. The molecule has 0 radical (unpaired) electrons. The molecule has 0 saturated heterocycles. The van der Waals surface area contributed by atoms with Gasteiger partial charge in [0.05, 0.1) is 0 Å². The number of aromatic nitrogens is 1. The van der Waals surface area contributed by atoms with Crippen molar-refractivity contribution >= 4 is 12.4 Å². The quantitative estimate of drug-likeness (QED) is 0.787. The summed E-state index contributed by atoms with van der Waals surface area (Å²) >= 11 is 0. The van der Waals surface area contributed by atoms with E-state index >= 15 is 0 Å². The topological polar surface area (TPSA) is 59.5 Å². The summed E-state index contributed by atoms with van der Waals surface area (Å²) in [6, 6.07) is 1.13. The van der Waals surface area contributed by atoms with Gasteiger partial charge in [0.1, 0.15) is 17.9 Å². The number of carbonyl (C=O) groups is 2. The molecule has 5 nitrogen and oxygen atoms in total. The number of ether oxygens (including phenoxy) is 1. The monoisotopic (exact) mass is 264 g/mol. The van der Waals surface area contributed by atoms with Crippen molar-refractivity contribution < 1.29 is 14.3 Å². The highest BCUT2D eigenvalue weighted by molar-refractivity contribution is 5.74. The zero-order valence-corrected chi connectivity index (χ0v) is 12.0. The van der Waals surface area contributed by atoms with Crippen LogP contribution in [0.25, 0.3) is 0 Å². The normalized spacial score (nSPS) is 12.7. The van der Waals surface area contributed by atoms with Gasteiger partial charge in [0.25, 0.3) is 0 Å². The van der Waals surface area contributed by atoms with Gasteiger partial charge in [-0.3, -0.25) is 9.88 Å². The summed E-state index contributed by atoms with van der Waals surface area (Å²) in [7, 11) is 1.54. The number of nitrogens with zero attached hydrogens (tertiary/aromatic N) is 2. The van der Waals surface area contributed by atoms with E-state index in [1.807, 2.05) is 13.0 Å². The Morgan fingerprint density at radius 2 is 2.05 bits per heavy atom. The second kappa shape index (κ2) is 5.82. The molecule has 1 atom stereocenters. The van der Waals surface area contributed by atoms with Crippen molar-refractivity contribution in [2.75, 3.05) is 7.05 Å². The molecule has 0 N–H and O–H groups in total. The Morgan fingerprint density at radius 1 is 1.42 bits per heavy atom. The maximum Gasteiger partial charge on any atom is 0.410 e. The van der Waals surface area contributed by atoms with Gasteiger partial charge in [-0.15, -0.1) is 0 Å². The van der Waals surface area contributed by atoms with Gasteiger partial charge in [-0.25, -0.2) is 4.79 Å². The Morgan fingerprint density at radius 3 is 2.53 bits per heavy atom. The average Bonchev–Trinajstić information content (AvgIpc) is 2.27. The van der Waals surface area contributed by atoms with Crippen LogP contribution in [0.15, 0.2) is 18.5 Å². The van der Waals surface area contributed by atoms with Crippen LogP contribution in [-0.4, -0.2) is 34.9 Å². The van der Waals surface area contributed by atoms with Gasteiger partial charge in [0.2, 0.25) is 0 Å². The number of amides is 1. The number of aldehydes is 1. The third kappa shape index (κ3) is 4.35. The predicted octanol–water partition coefficient (Wildman–Crippen LogP) is 2.50. The number of hydrogen-bond donors (Lipinski definition) is 0. The molecule has 0 saturated carbocycles. The summed E-state index contributed by atoms with van der Waals surface area (Å²) in [5.41, 5.74) is 1.01. The molecule has 1 heterocycles. The summed E-state index contributed by atoms with van der Waals surface area (Å²) in [6.45, 7) is 7.22. The minimum Gasteiger partial charge on any atom is -0.444 e. The maximum atomic E-state index is 11.9. The van der Waals surface area contributed by atoms with E-state index in [1.165, 1.54) is 11.9 Å². The standard InChI is InChI=1S/C14H20N2O3/c1-10-6-11(8-15-7-10)12(9-17)16(5)13(18)19-14(2,3)4/h6-9,12H,1-5H3. The Labute approximate surface area is 113 Å². The Hall–Kier alpha value is -1.91. The Balaban J connectivity index is 2.91. The molecule has 0 aliphatic rings. The minimum atomic E-state index is -0.692. The molecular weight excluding hydrogens is 244 g/mol. The first kappa shape index (κ1) is 15.1. The first-order valence-corrected chi connectivity index (χ1v) is 6.07. The Bertz CT molecular complexity index is 466. The van der Waals surface area contributed by atoms with Crippen molar-refractivity contribution in [3.8, 4) is 0 Å². The molecule has 1 rings (SSSR count). The molecule has 0 bridgehead atoms.